The van der Waals surface area contributed by atoms with E-state index in [1.165, 1.54) is 24.3 Å². The van der Waals surface area contributed by atoms with E-state index in [1.807, 2.05) is 13.0 Å². The molecule has 0 bridgehead atoms. The Labute approximate surface area is 193 Å². The molecule has 33 heavy (non-hydrogen) atoms. The number of para-hydroxylation sites is 1. The van der Waals surface area contributed by atoms with Gasteiger partial charge in [-0.3, -0.25) is 9.52 Å². The number of carbonyl (C=O) groups is 1. The summed E-state index contributed by atoms with van der Waals surface area (Å²) in [7, 11) is -0.617. The van der Waals surface area contributed by atoms with E-state index in [0.717, 1.165) is 5.56 Å². The van der Waals surface area contributed by atoms with Crippen LogP contribution in [0.5, 0.6) is 17.2 Å². The number of anilines is 1. The Morgan fingerprint density at radius 2 is 1.58 bits per heavy atom. The van der Waals surface area contributed by atoms with Crippen LogP contribution in [-0.4, -0.2) is 35.2 Å². The van der Waals surface area contributed by atoms with E-state index in [-0.39, 0.29) is 23.5 Å². The van der Waals surface area contributed by atoms with Gasteiger partial charge in [0.25, 0.3) is 15.9 Å². The lowest BCUT2D eigenvalue weighted by molar-refractivity contribution is -0.123. The van der Waals surface area contributed by atoms with E-state index in [4.69, 9.17) is 14.2 Å². The van der Waals surface area contributed by atoms with Crippen LogP contribution in [0.1, 0.15) is 18.5 Å². The number of methoxy groups -OCH3 is 2. The maximum absolute atomic E-state index is 12.5. The molecule has 3 aromatic carbocycles. The first-order chi connectivity index (χ1) is 15.8. The lowest BCUT2D eigenvalue weighted by atomic mass is 10.1. The van der Waals surface area contributed by atoms with Gasteiger partial charge in [0.1, 0.15) is 5.75 Å². The molecule has 1 amide bonds. The highest BCUT2D eigenvalue weighted by Gasteiger charge is 2.15. The lowest BCUT2D eigenvalue weighted by Gasteiger charge is -2.17. The Morgan fingerprint density at radius 3 is 2.21 bits per heavy atom. The zero-order valence-corrected chi connectivity index (χ0v) is 19.4. The Kier molecular flexibility index (Phi) is 7.78. The zero-order valence-electron chi connectivity index (χ0n) is 18.6. The third-order valence-corrected chi connectivity index (χ3v) is 6.21. The van der Waals surface area contributed by atoms with Crippen molar-refractivity contribution < 1.29 is 27.4 Å². The second-order valence-electron chi connectivity index (χ2n) is 7.14. The van der Waals surface area contributed by atoms with Gasteiger partial charge in [0.15, 0.2) is 18.1 Å². The van der Waals surface area contributed by atoms with Crippen LogP contribution in [0, 0.1) is 0 Å². The van der Waals surface area contributed by atoms with Crippen LogP contribution in [0.15, 0.2) is 77.7 Å². The first-order valence-electron chi connectivity index (χ1n) is 10.1. The van der Waals surface area contributed by atoms with Gasteiger partial charge < -0.3 is 19.5 Å². The van der Waals surface area contributed by atoms with Crippen LogP contribution in [0.25, 0.3) is 0 Å². The average Bonchev–Trinajstić information content (AvgIpc) is 2.82. The third-order valence-electron chi connectivity index (χ3n) is 4.82. The fourth-order valence-electron chi connectivity index (χ4n) is 3.07. The highest BCUT2D eigenvalue weighted by Crippen LogP contribution is 2.29. The quantitative estimate of drug-likeness (QED) is 0.468. The van der Waals surface area contributed by atoms with E-state index in [2.05, 4.69) is 10.0 Å². The number of ether oxygens (including phenoxy) is 3. The topological polar surface area (TPSA) is 103 Å². The molecule has 2 N–H and O–H groups in total. The molecule has 0 aliphatic heterocycles. The zero-order chi connectivity index (χ0) is 23.8. The van der Waals surface area contributed by atoms with Crippen LogP contribution < -0.4 is 24.2 Å². The molecule has 3 rings (SSSR count). The van der Waals surface area contributed by atoms with Gasteiger partial charge in [0.05, 0.1) is 25.2 Å². The molecule has 0 saturated heterocycles. The van der Waals surface area contributed by atoms with E-state index in [1.54, 1.807) is 56.7 Å². The summed E-state index contributed by atoms with van der Waals surface area (Å²) in [6.45, 7) is 1.63. The monoisotopic (exact) mass is 470 g/mol. The van der Waals surface area contributed by atoms with Gasteiger partial charge in [-0.15, -0.1) is 0 Å². The Hall–Kier alpha value is -3.72. The maximum Gasteiger partial charge on any atom is 0.261 e. The Balaban J connectivity index is 1.55. The summed E-state index contributed by atoms with van der Waals surface area (Å²) >= 11 is 0. The minimum absolute atomic E-state index is 0.0882. The van der Waals surface area contributed by atoms with Gasteiger partial charge in [-0.25, -0.2) is 8.42 Å². The summed E-state index contributed by atoms with van der Waals surface area (Å²) in [6, 6.07) is 19.6. The number of amides is 1. The summed E-state index contributed by atoms with van der Waals surface area (Å²) in [5.74, 6) is 1.24. The molecular weight excluding hydrogens is 444 g/mol. The summed E-state index contributed by atoms with van der Waals surface area (Å²) in [4.78, 5) is 12.4. The van der Waals surface area contributed by atoms with Crippen LogP contribution in [0.2, 0.25) is 0 Å². The van der Waals surface area contributed by atoms with Crippen molar-refractivity contribution in [2.24, 2.45) is 0 Å². The van der Waals surface area contributed by atoms with Crippen molar-refractivity contribution in [3.05, 3.63) is 78.4 Å². The smallest absolute Gasteiger partial charge is 0.261 e. The van der Waals surface area contributed by atoms with Crippen LogP contribution in [0.3, 0.4) is 0 Å². The number of carbonyl (C=O) groups excluding carboxylic acids is 1. The molecule has 3 aromatic rings. The predicted octanol–water partition coefficient (Wildman–Crippen LogP) is 3.76. The Bertz CT molecular complexity index is 1180. The minimum Gasteiger partial charge on any atom is -0.493 e. The normalized spacial score (nSPS) is 11.8. The number of nitrogens with one attached hydrogen (secondary N) is 2. The molecule has 8 nitrogen and oxygen atoms in total. The van der Waals surface area contributed by atoms with E-state index < -0.39 is 10.0 Å². The third kappa shape index (κ3) is 6.39. The van der Waals surface area contributed by atoms with Crippen LogP contribution in [0.4, 0.5) is 5.69 Å². The molecule has 1 unspecified atom stereocenters. The first kappa shape index (κ1) is 23.9. The van der Waals surface area contributed by atoms with E-state index in [9.17, 15) is 13.2 Å². The van der Waals surface area contributed by atoms with Crippen molar-refractivity contribution >= 4 is 21.6 Å². The fraction of sp³-hybridized carbons (Fsp3) is 0.208. The van der Waals surface area contributed by atoms with Gasteiger partial charge in [-0.2, -0.15) is 0 Å². The molecule has 0 aliphatic carbocycles. The van der Waals surface area contributed by atoms with Gasteiger partial charge in [0.2, 0.25) is 0 Å². The molecule has 0 radical (unpaired) electrons. The molecule has 0 spiro atoms. The molecule has 0 saturated carbocycles. The van der Waals surface area contributed by atoms with Crippen LogP contribution in [-0.2, 0) is 14.8 Å². The molecule has 0 heterocycles. The molecule has 1 atom stereocenters. The fourth-order valence-corrected chi connectivity index (χ4v) is 4.13. The first-order valence-corrected chi connectivity index (χ1v) is 11.6. The van der Waals surface area contributed by atoms with E-state index >= 15 is 0 Å². The standard InChI is InChI=1S/C24H26N2O6S/c1-17(18-9-14-22(30-2)23(15-18)31-3)25-24(27)16-32-20-10-12-21(13-11-20)33(28,29)26-19-7-5-4-6-8-19/h4-15,17,26H,16H2,1-3H3,(H,25,27). The maximum atomic E-state index is 12.5. The molecule has 0 aromatic heterocycles. The van der Waals surface area contributed by atoms with E-state index in [0.29, 0.717) is 22.9 Å². The number of sulfonamides is 1. The largest absolute Gasteiger partial charge is 0.493 e. The van der Waals surface area contributed by atoms with Crippen molar-refractivity contribution in [1.82, 2.24) is 5.32 Å². The number of rotatable bonds is 10. The Morgan fingerprint density at radius 1 is 0.909 bits per heavy atom. The van der Waals surface area contributed by atoms with Crippen molar-refractivity contribution in [1.29, 1.82) is 0 Å². The predicted molar refractivity (Wildman–Crippen MR) is 125 cm³/mol. The number of hydrogen-bond donors (Lipinski definition) is 2. The summed E-state index contributed by atoms with van der Waals surface area (Å²) < 4.78 is 43.5. The SMILES string of the molecule is COc1ccc(C(C)NC(=O)COc2ccc(S(=O)(=O)Nc3ccccc3)cc2)cc1OC. The second kappa shape index (κ2) is 10.7. The summed E-state index contributed by atoms with van der Waals surface area (Å²) in [5.41, 5.74) is 1.32. The molecule has 0 fully saturated rings. The highest BCUT2D eigenvalue weighted by molar-refractivity contribution is 7.92. The minimum atomic E-state index is -3.72. The molecule has 9 heteroatoms. The molecule has 174 valence electrons. The van der Waals surface area contributed by atoms with Crippen LogP contribution >= 0.6 is 0 Å². The van der Waals surface area contributed by atoms with Gasteiger partial charge in [-0.1, -0.05) is 24.3 Å². The molecule has 0 aliphatic rings. The van der Waals surface area contributed by atoms with Crippen molar-refractivity contribution in [2.45, 2.75) is 17.9 Å². The second-order valence-corrected chi connectivity index (χ2v) is 8.82. The average molecular weight is 471 g/mol. The summed E-state index contributed by atoms with van der Waals surface area (Å²) in [5, 5.41) is 2.85. The van der Waals surface area contributed by atoms with Gasteiger partial charge in [0, 0.05) is 5.69 Å². The van der Waals surface area contributed by atoms with Crippen molar-refractivity contribution in [3.63, 3.8) is 0 Å². The van der Waals surface area contributed by atoms with Gasteiger partial charge >= 0.3 is 0 Å². The number of benzene rings is 3. The molecular formula is C24H26N2O6S. The lowest BCUT2D eigenvalue weighted by Crippen LogP contribution is -2.31. The van der Waals surface area contributed by atoms with Crippen molar-refractivity contribution in [2.75, 3.05) is 25.5 Å². The van der Waals surface area contributed by atoms with Gasteiger partial charge in [-0.05, 0) is 61.0 Å². The highest BCUT2D eigenvalue weighted by atomic mass is 32.2. The van der Waals surface area contributed by atoms with Crippen molar-refractivity contribution in [3.8, 4) is 17.2 Å². The summed E-state index contributed by atoms with van der Waals surface area (Å²) in [6.07, 6.45) is 0. The number of hydrogen-bond acceptors (Lipinski definition) is 6.